The van der Waals surface area contributed by atoms with Gasteiger partial charge < -0.3 is 15.7 Å². The van der Waals surface area contributed by atoms with Crippen LogP contribution in [0.4, 0.5) is 0 Å². The lowest BCUT2D eigenvalue weighted by Crippen LogP contribution is -2.10. The molecular weight excluding hydrogens is 214 g/mol. The van der Waals surface area contributed by atoms with E-state index in [1.165, 1.54) is 0 Å². The summed E-state index contributed by atoms with van der Waals surface area (Å²) in [4.78, 5) is 16.4. The predicted octanol–water partition coefficient (Wildman–Crippen LogP) is 1.48. The molecule has 4 N–H and O–H groups in total. The van der Waals surface area contributed by atoms with Crippen LogP contribution >= 0.6 is 11.6 Å². The van der Waals surface area contributed by atoms with Gasteiger partial charge in [-0.25, -0.2) is 4.79 Å². The van der Waals surface area contributed by atoms with Crippen molar-refractivity contribution in [2.24, 2.45) is 5.73 Å². The number of alkyl halides is 1. The van der Waals surface area contributed by atoms with Crippen molar-refractivity contribution in [1.29, 1.82) is 0 Å². The van der Waals surface area contributed by atoms with Crippen LogP contribution in [0, 0.1) is 0 Å². The van der Waals surface area contributed by atoms with Gasteiger partial charge in [-0.1, -0.05) is 6.07 Å². The summed E-state index contributed by atoms with van der Waals surface area (Å²) in [6.45, 7) is 0. The van der Waals surface area contributed by atoms with Crippen LogP contribution in [-0.4, -0.2) is 15.8 Å². The van der Waals surface area contributed by atoms with Crippen LogP contribution in [0.3, 0.4) is 0 Å². The number of aromatic nitrogens is 2. The number of benzene rings is 1. The Morgan fingerprint density at radius 1 is 1.33 bits per heavy atom. The molecule has 1 atom stereocenters. The van der Waals surface area contributed by atoms with E-state index in [1.54, 1.807) is 0 Å². The van der Waals surface area contributed by atoms with Crippen LogP contribution in [-0.2, 0) is 0 Å². The second kappa shape index (κ2) is 4.08. The van der Waals surface area contributed by atoms with Gasteiger partial charge in [0.15, 0.2) is 0 Å². The van der Waals surface area contributed by atoms with Gasteiger partial charge >= 0.3 is 5.69 Å². The summed E-state index contributed by atoms with van der Waals surface area (Å²) in [5.74, 6) is 0.531. The number of fused-ring (bicyclic) bond motifs is 1. The summed E-state index contributed by atoms with van der Waals surface area (Å²) in [6.07, 6.45) is 0.724. The molecule has 0 amide bonds. The molecule has 0 saturated heterocycles. The van der Waals surface area contributed by atoms with Crippen molar-refractivity contribution in [3.63, 3.8) is 0 Å². The van der Waals surface area contributed by atoms with Crippen LogP contribution in [0.15, 0.2) is 23.0 Å². The van der Waals surface area contributed by atoms with Crippen LogP contribution in [0.5, 0.6) is 0 Å². The highest BCUT2D eigenvalue weighted by atomic mass is 35.5. The molecule has 1 unspecified atom stereocenters. The highest BCUT2D eigenvalue weighted by molar-refractivity contribution is 6.17. The molecule has 1 aromatic carbocycles. The highest BCUT2D eigenvalue weighted by Gasteiger charge is 2.06. The van der Waals surface area contributed by atoms with Crippen molar-refractivity contribution in [3.05, 3.63) is 34.2 Å². The Morgan fingerprint density at radius 3 is 2.80 bits per heavy atom. The van der Waals surface area contributed by atoms with Crippen molar-refractivity contribution in [2.75, 3.05) is 5.88 Å². The Morgan fingerprint density at radius 2 is 2.07 bits per heavy atom. The van der Waals surface area contributed by atoms with Crippen LogP contribution < -0.4 is 11.4 Å². The summed E-state index contributed by atoms with van der Waals surface area (Å²) in [5, 5.41) is 0. The fraction of sp³-hybridized carbons (Fsp3) is 0.300. The van der Waals surface area contributed by atoms with Gasteiger partial charge in [0.05, 0.1) is 11.0 Å². The number of rotatable bonds is 3. The van der Waals surface area contributed by atoms with E-state index in [4.69, 9.17) is 17.3 Å². The summed E-state index contributed by atoms with van der Waals surface area (Å²) in [5.41, 5.74) is 8.27. The number of hydrogen-bond donors (Lipinski definition) is 3. The molecule has 0 aliphatic rings. The predicted molar refractivity (Wildman–Crippen MR) is 61.2 cm³/mol. The van der Waals surface area contributed by atoms with Crippen LogP contribution in [0.25, 0.3) is 11.0 Å². The summed E-state index contributed by atoms with van der Waals surface area (Å²) < 4.78 is 0. The lowest BCUT2D eigenvalue weighted by molar-refractivity contribution is 0.704. The third-order valence-corrected chi connectivity index (χ3v) is 2.61. The van der Waals surface area contributed by atoms with E-state index >= 15 is 0 Å². The van der Waals surface area contributed by atoms with Gasteiger partial charge in [-0.2, -0.15) is 0 Å². The van der Waals surface area contributed by atoms with Gasteiger partial charge in [0.2, 0.25) is 0 Å². The van der Waals surface area contributed by atoms with E-state index in [9.17, 15) is 4.79 Å². The monoisotopic (exact) mass is 225 g/mol. The zero-order valence-electron chi connectivity index (χ0n) is 8.09. The summed E-state index contributed by atoms with van der Waals surface area (Å²) >= 11 is 5.62. The number of imidazole rings is 1. The first-order valence-corrected chi connectivity index (χ1v) is 5.27. The minimum Gasteiger partial charge on any atom is -0.324 e. The fourth-order valence-electron chi connectivity index (χ4n) is 1.57. The van der Waals surface area contributed by atoms with Gasteiger partial charge in [-0.3, -0.25) is 0 Å². The van der Waals surface area contributed by atoms with E-state index in [0.717, 1.165) is 23.0 Å². The smallest absolute Gasteiger partial charge is 0.323 e. The van der Waals surface area contributed by atoms with Crippen molar-refractivity contribution in [2.45, 2.75) is 12.5 Å². The third-order valence-electron chi connectivity index (χ3n) is 2.39. The number of aromatic amines is 2. The van der Waals surface area contributed by atoms with Crippen molar-refractivity contribution in [1.82, 2.24) is 9.97 Å². The first kappa shape index (κ1) is 10.3. The van der Waals surface area contributed by atoms with E-state index in [1.807, 2.05) is 18.2 Å². The normalized spacial score (nSPS) is 13.2. The van der Waals surface area contributed by atoms with E-state index < -0.39 is 0 Å². The van der Waals surface area contributed by atoms with Gasteiger partial charge in [0.1, 0.15) is 0 Å². The number of nitrogens with one attached hydrogen (secondary N) is 2. The first-order chi connectivity index (χ1) is 7.20. The van der Waals surface area contributed by atoms with Crippen LogP contribution in [0.2, 0.25) is 0 Å². The molecule has 0 bridgehead atoms. The zero-order chi connectivity index (χ0) is 10.8. The molecule has 4 nitrogen and oxygen atoms in total. The van der Waals surface area contributed by atoms with E-state index in [0.29, 0.717) is 5.88 Å². The number of halogens is 1. The maximum absolute atomic E-state index is 11.0. The summed E-state index contributed by atoms with van der Waals surface area (Å²) in [6, 6.07) is 5.55. The van der Waals surface area contributed by atoms with Crippen molar-refractivity contribution in [3.8, 4) is 0 Å². The standard InChI is InChI=1S/C10H12ClN3O/c11-4-3-7(12)6-1-2-8-9(5-6)14-10(15)13-8/h1-2,5,7H,3-4,12H2,(H2,13,14,15). The van der Waals surface area contributed by atoms with Crippen molar-refractivity contribution >= 4 is 22.6 Å². The van der Waals surface area contributed by atoms with Crippen molar-refractivity contribution < 1.29 is 0 Å². The molecule has 2 aromatic rings. The quantitative estimate of drug-likeness (QED) is 0.693. The third kappa shape index (κ3) is 2.06. The average molecular weight is 226 g/mol. The average Bonchev–Trinajstić information content (AvgIpc) is 2.57. The Hall–Kier alpha value is -1.26. The molecule has 1 aromatic heterocycles. The lowest BCUT2D eigenvalue weighted by Gasteiger charge is -2.09. The van der Waals surface area contributed by atoms with E-state index in [-0.39, 0.29) is 11.7 Å². The highest BCUT2D eigenvalue weighted by Crippen LogP contribution is 2.18. The second-order valence-electron chi connectivity index (χ2n) is 3.47. The fourth-order valence-corrected chi connectivity index (χ4v) is 1.80. The molecule has 0 aliphatic heterocycles. The molecule has 1 heterocycles. The maximum Gasteiger partial charge on any atom is 0.323 e. The molecular formula is C10H12ClN3O. The first-order valence-electron chi connectivity index (χ1n) is 4.74. The van der Waals surface area contributed by atoms with Gasteiger partial charge in [-0.15, -0.1) is 11.6 Å². The maximum atomic E-state index is 11.0. The number of H-pyrrole nitrogens is 2. The second-order valence-corrected chi connectivity index (χ2v) is 3.85. The molecule has 0 radical (unpaired) electrons. The molecule has 5 heteroatoms. The van der Waals surface area contributed by atoms with Gasteiger partial charge in [-0.05, 0) is 24.1 Å². The minimum absolute atomic E-state index is 0.0784. The molecule has 0 spiro atoms. The Bertz CT molecular complexity index is 517. The SMILES string of the molecule is NC(CCCl)c1ccc2[nH]c(=O)[nH]c2c1. The van der Waals surface area contributed by atoms with Crippen LogP contribution in [0.1, 0.15) is 18.0 Å². The minimum atomic E-state index is -0.201. The molecule has 2 rings (SSSR count). The van der Waals surface area contributed by atoms with Gasteiger partial charge in [0.25, 0.3) is 0 Å². The van der Waals surface area contributed by atoms with Gasteiger partial charge in [0, 0.05) is 11.9 Å². The number of hydrogen-bond acceptors (Lipinski definition) is 2. The Labute approximate surface area is 91.4 Å². The van der Waals surface area contributed by atoms with E-state index in [2.05, 4.69) is 9.97 Å². The lowest BCUT2D eigenvalue weighted by atomic mass is 10.1. The Kier molecular flexibility index (Phi) is 2.79. The number of nitrogens with two attached hydrogens (primary N) is 1. The topological polar surface area (TPSA) is 74.7 Å². The molecule has 15 heavy (non-hydrogen) atoms. The molecule has 0 aliphatic carbocycles. The molecule has 80 valence electrons. The molecule has 0 saturated carbocycles. The zero-order valence-corrected chi connectivity index (χ0v) is 8.84. The summed E-state index contributed by atoms with van der Waals surface area (Å²) in [7, 11) is 0. The Balaban J connectivity index is 2.41. The molecule has 0 fully saturated rings. The largest absolute Gasteiger partial charge is 0.324 e.